The summed E-state index contributed by atoms with van der Waals surface area (Å²) in [5, 5.41) is 0. The van der Waals surface area contributed by atoms with Gasteiger partial charge in [0.2, 0.25) is 0 Å². The van der Waals surface area contributed by atoms with Gasteiger partial charge in [-0.3, -0.25) is 9.69 Å². The summed E-state index contributed by atoms with van der Waals surface area (Å²) in [6.07, 6.45) is 8.25. The highest BCUT2D eigenvalue weighted by Crippen LogP contribution is 2.31. The van der Waals surface area contributed by atoms with E-state index in [1.54, 1.807) is 0 Å². The molecule has 2 aliphatic heterocycles. The van der Waals surface area contributed by atoms with Crippen LogP contribution in [-0.4, -0.2) is 55.0 Å². The quantitative estimate of drug-likeness (QED) is 0.628. The van der Waals surface area contributed by atoms with Crippen LogP contribution in [0.15, 0.2) is 53.8 Å². The van der Waals surface area contributed by atoms with E-state index >= 15 is 0 Å². The fourth-order valence-corrected chi connectivity index (χ4v) is 4.27. The molecule has 3 rings (SSSR count). The van der Waals surface area contributed by atoms with Crippen molar-refractivity contribution in [3.63, 3.8) is 0 Å². The fourth-order valence-electron chi connectivity index (χ4n) is 3.61. The minimum Gasteiger partial charge on any atom is -0.493 e. The SMILES string of the molecule is CCN(CC)C(=O)c1ccc(C(Br)=C2CCN(CC3=CC=CCO3)CC2)cc1. The molecule has 1 saturated heterocycles. The van der Waals surface area contributed by atoms with Crippen LogP contribution < -0.4 is 0 Å². The monoisotopic (exact) mass is 444 g/mol. The third kappa shape index (κ3) is 5.15. The highest BCUT2D eigenvalue weighted by molar-refractivity contribution is 9.15. The first-order chi connectivity index (χ1) is 13.6. The average Bonchev–Trinajstić information content (AvgIpc) is 2.75. The Labute approximate surface area is 176 Å². The van der Waals surface area contributed by atoms with Gasteiger partial charge in [-0.25, -0.2) is 0 Å². The molecule has 150 valence electrons. The van der Waals surface area contributed by atoms with Crippen LogP contribution in [0.1, 0.15) is 42.6 Å². The van der Waals surface area contributed by atoms with Gasteiger partial charge in [0.25, 0.3) is 5.91 Å². The molecule has 0 atom stereocenters. The van der Waals surface area contributed by atoms with E-state index in [-0.39, 0.29) is 5.91 Å². The van der Waals surface area contributed by atoms with Crippen molar-refractivity contribution in [3.8, 4) is 0 Å². The van der Waals surface area contributed by atoms with Gasteiger partial charge in [-0.1, -0.05) is 39.7 Å². The van der Waals surface area contributed by atoms with Crippen molar-refractivity contribution in [2.45, 2.75) is 26.7 Å². The first-order valence-electron chi connectivity index (χ1n) is 10.1. The van der Waals surface area contributed by atoms with Crippen LogP contribution in [-0.2, 0) is 4.74 Å². The molecule has 0 spiro atoms. The first-order valence-corrected chi connectivity index (χ1v) is 10.9. The molecule has 4 nitrogen and oxygen atoms in total. The van der Waals surface area contributed by atoms with Gasteiger partial charge in [0.1, 0.15) is 12.4 Å². The molecule has 0 unspecified atom stereocenters. The zero-order valence-electron chi connectivity index (χ0n) is 16.8. The second-order valence-corrected chi connectivity index (χ2v) is 7.91. The summed E-state index contributed by atoms with van der Waals surface area (Å²) < 4.78 is 6.84. The molecule has 0 bridgehead atoms. The van der Waals surface area contributed by atoms with Gasteiger partial charge in [-0.05, 0) is 56.5 Å². The summed E-state index contributed by atoms with van der Waals surface area (Å²) >= 11 is 3.80. The van der Waals surface area contributed by atoms with E-state index in [0.29, 0.717) is 6.61 Å². The maximum atomic E-state index is 12.5. The zero-order chi connectivity index (χ0) is 19.9. The summed E-state index contributed by atoms with van der Waals surface area (Å²) in [5.41, 5.74) is 3.34. The predicted octanol–water partition coefficient (Wildman–Crippen LogP) is 4.84. The summed E-state index contributed by atoms with van der Waals surface area (Å²) in [4.78, 5) is 16.8. The summed E-state index contributed by atoms with van der Waals surface area (Å²) in [7, 11) is 0. The third-order valence-electron chi connectivity index (χ3n) is 5.37. The molecule has 1 aromatic rings. The molecule has 2 aliphatic rings. The Kier molecular flexibility index (Phi) is 7.51. The smallest absolute Gasteiger partial charge is 0.253 e. The molecular formula is C23H29BrN2O2. The molecule has 1 aromatic carbocycles. The topological polar surface area (TPSA) is 32.8 Å². The molecule has 1 fully saturated rings. The summed E-state index contributed by atoms with van der Waals surface area (Å²) in [6, 6.07) is 7.97. The second kappa shape index (κ2) is 10.1. The van der Waals surface area contributed by atoms with E-state index < -0.39 is 0 Å². The highest BCUT2D eigenvalue weighted by atomic mass is 79.9. The summed E-state index contributed by atoms with van der Waals surface area (Å²) in [5.74, 6) is 1.16. The lowest BCUT2D eigenvalue weighted by Gasteiger charge is -2.30. The molecule has 28 heavy (non-hydrogen) atoms. The largest absolute Gasteiger partial charge is 0.493 e. The zero-order valence-corrected chi connectivity index (χ0v) is 18.4. The molecule has 5 heteroatoms. The first kappa shape index (κ1) is 20.9. The molecule has 2 heterocycles. The number of carbonyl (C=O) groups is 1. The number of amides is 1. The minimum atomic E-state index is 0.0997. The van der Waals surface area contributed by atoms with Gasteiger partial charge >= 0.3 is 0 Å². The molecule has 0 aliphatic carbocycles. The molecule has 0 N–H and O–H groups in total. The number of carbonyl (C=O) groups excluding carboxylic acids is 1. The Morgan fingerprint density at radius 3 is 2.32 bits per heavy atom. The molecule has 0 radical (unpaired) electrons. The number of allylic oxidation sites excluding steroid dienone is 2. The van der Waals surface area contributed by atoms with Crippen LogP contribution in [0.3, 0.4) is 0 Å². The van der Waals surface area contributed by atoms with Gasteiger partial charge in [-0.15, -0.1) is 0 Å². The average molecular weight is 445 g/mol. The van der Waals surface area contributed by atoms with Crippen molar-refractivity contribution in [1.82, 2.24) is 9.80 Å². The maximum Gasteiger partial charge on any atom is 0.253 e. The Hall–Kier alpha value is -1.85. The Morgan fingerprint density at radius 1 is 1.11 bits per heavy atom. The van der Waals surface area contributed by atoms with E-state index in [2.05, 4.69) is 33.0 Å². The van der Waals surface area contributed by atoms with E-state index in [1.165, 1.54) is 10.1 Å². The highest BCUT2D eigenvalue weighted by Gasteiger charge is 2.19. The van der Waals surface area contributed by atoms with Crippen molar-refractivity contribution in [2.24, 2.45) is 0 Å². The number of hydrogen-bond donors (Lipinski definition) is 0. The Bertz CT molecular complexity index is 766. The van der Waals surface area contributed by atoms with Crippen molar-refractivity contribution in [3.05, 3.63) is 65.0 Å². The lowest BCUT2D eigenvalue weighted by molar-refractivity contribution is 0.0773. The molecule has 0 aromatic heterocycles. The Morgan fingerprint density at radius 2 is 1.75 bits per heavy atom. The molecule has 1 amide bonds. The van der Waals surface area contributed by atoms with Crippen LogP contribution in [0, 0.1) is 0 Å². The van der Waals surface area contributed by atoms with Crippen molar-refractivity contribution < 1.29 is 9.53 Å². The normalized spacial score (nSPS) is 17.1. The van der Waals surface area contributed by atoms with E-state index in [9.17, 15) is 4.79 Å². The number of hydrogen-bond acceptors (Lipinski definition) is 3. The second-order valence-electron chi connectivity index (χ2n) is 7.12. The number of ether oxygens (including phenoxy) is 1. The molecular weight excluding hydrogens is 416 g/mol. The van der Waals surface area contributed by atoms with Gasteiger partial charge < -0.3 is 9.64 Å². The number of likely N-dealkylation sites (tertiary alicyclic amines) is 1. The van der Waals surface area contributed by atoms with Crippen LogP contribution in [0.2, 0.25) is 0 Å². The number of rotatable bonds is 6. The maximum absolute atomic E-state index is 12.5. The van der Waals surface area contributed by atoms with Crippen LogP contribution in [0.4, 0.5) is 0 Å². The van der Waals surface area contributed by atoms with Crippen LogP contribution in [0.5, 0.6) is 0 Å². The molecule has 0 saturated carbocycles. The number of piperidine rings is 1. The third-order valence-corrected chi connectivity index (χ3v) is 6.39. The van der Waals surface area contributed by atoms with Gasteiger partial charge in [0.05, 0.1) is 6.54 Å². The lowest BCUT2D eigenvalue weighted by Crippen LogP contribution is -2.33. The van der Waals surface area contributed by atoms with Gasteiger partial charge in [-0.2, -0.15) is 0 Å². The van der Waals surface area contributed by atoms with Crippen molar-refractivity contribution in [1.29, 1.82) is 0 Å². The van der Waals surface area contributed by atoms with E-state index in [1.807, 2.05) is 49.1 Å². The van der Waals surface area contributed by atoms with E-state index in [4.69, 9.17) is 4.74 Å². The fraction of sp³-hybridized carbons (Fsp3) is 0.435. The van der Waals surface area contributed by atoms with Crippen molar-refractivity contribution in [2.75, 3.05) is 39.3 Å². The van der Waals surface area contributed by atoms with Crippen LogP contribution >= 0.6 is 15.9 Å². The predicted molar refractivity (Wildman–Crippen MR) is 118 cm³/mol. The number of halogens is 1. The van der Waals surface area contributed by atoms with Gasteiger partial charge in [0.15, 0.2) is 0 Å². The van der Waals surface area contributed by atoms with Crippen molar-refractivity contribution >= 4 is 26.3 Å². The lowest BCUT2D eigenvalue weighted by atomic mass is 10.00. The van der Waals surface area contributed by atoms with E-state index in [0.717, 1.165) is 62.5 Å². The minimum absolute atomic E-state index is 0.0997. The van der Waals surface area contributed by atoms with Crippen LogP contribution in [0.25, 0.3) is 4.48 Å². The Balaban J connectivity index is 1.61. The number of benzene rings is 1. The van der Waals surface area contributed by atoms with Gasteiger partial charge in [0, 0.05) is 36.2 Å². The number of nitrogens with zero attached hydrogens (tertiary/aromatic N) is 2. The summed E-state index contributed by atoms with van der Waals surface area (Å²) in [6.45, 7) is 9.13. The standard InChI is InChI=1S/C23H29BrN2O2/c1-3-26(4-2)23(27)20-10-8-18(9-11-20)22(24)19-12-14-25(15-13-19)17-21-7-5-6-16-28-21/h5-11H,3-4,12-17H2,1-2H3.